The van der Waals surface area contributed by atoms with E-state index in [-0.39, 0.29) is 25.0 Å². The lowest BCUT2D eigenvalue weighted by atomic mass is 10.00. The zero-order chi connectivity index (χ0) is 20.9. The van der Waals surface area contributed by atoms with Crippen LogP contribution in [0.4, 0.5) is 0 Å². The van der Waals surface area contributed by atoms with E-state index in [4.69, 9.17) is 4.74 Å². The summed E-state index contributed by atoms with van der Waals surface area (Å²) in [5.41, 5.74) is 3.40. The second kappa shape index (κ2) is 8.74. The highest BCUT2D eigenvalue weighted by atomic mass is 16.5. The number of ether oxygens (including phenoxy) is 1. The highest BCUT2D eigenvalue weighted by Gasteiger charge is 2.34. The lowest BCUT2D eigenvalue weighted by Gasteiger charge is -2.14. The van der Waals surface area contributed by atoms with Gasteiger partial charge in [-0.2, -0.15) is 0 Å². The van der Waals surface area contributed by atoms with Crippen LogP contribution in [0.15, 0.2) is 78.9 Å². The van der Waals surface area contributed by atoms with Crippen molar-refractivity contribution in [2.24, 2.45) is 0 Å². The van der Waals surface area contributed by atoms with Gasteiger partial charge in [-0.25, -0.2) is 4.79 Å². The van der Waals surface area contributed by atoms with E-state index in [1.54, 1.807) is 36.4 Å². The summed E-state index contributed by atoms with van der Waals surface area (Å²) in [4.78, 5) is 38.5. The monoisotopic (exact) mass is 399 g/mol. The molecule has 1 aliphatic rings. The SMILES string of the molecule is O=C(OCCN1C(=O)c2ccccc2C1=O)c1ccccc1CCc1ccccc1. The van der Waals surface area contributed by atoms with Crippen molar-refractivity contribution in [2.45, 2.75) is 12.8 Å². The quantitative estimate of drug-likeness (QED) is 0.446. The Labute approximate surface area is 174 Å². The molecule has 30 heavy (non-hydrogen) atoms. The molecule has 3 aromatic rings. The summed E-state index contributed by atoms with van der Waals surface area (Å²) in [6.45, 7) is -0.0123. The fourth-order valence-electron chi connectivity index (χ4n) is 3.61. The molecule has 2 amide bonds. The zero-order valence-electron chi connectivity index (χ0n) is 16.4. The molecule has 0 N–H and O–H groups in total. The van der Waals surface area contributed by atoms with Gasteiger partial charge in [-0.15, -0.1) is 0 Å². The largest absolute Gasteiger partial charge is 0.460 e. The van der Waals surface area contributed by atoms with Gasteiger partial charge in [0.15, 0.2) is 0 Å². The molecule has 0 aromatic heterocycles. The van der Waals surface area contributed by atoms with Gasteiger partial charge in [-0.1, -0.05) is 60.7 Å². The second-order valence-corrected chi connectivity index (χ2v) is 7.09. The summed E-state index contributed by atoms with van der Waals surface area (Å²) in [6, 6.07) is 24.1. The fraction of sp³-hybridized carbons (Fsp3) is 0.160. The van der Waals surface area contributed by atoms with Crippen molar-refractivity contribution in [3.63, 3.8) is 0 Å². The molecule has 0 saturated carbocycles. The molecule has 1 aliphatic heterocycles. The van der Waals surface area contributed by atoms with Crippen LogP contribution in [0.3, 0.4) is 0 Å². The second-order valence-electron chi connectivity index (χ2n) is 7.09. The molecule has 0 bridgehead atoms. The van der Waals surface area contributed by atoms with E-state index in [2.05, 4.69) is 12.1 Å². The Kier molecular flexibility index (Phi) is 5.70. The minimum atomic E-state index is -0.449. The maximum absolute atomic E-state index is 12.6. The number of hydrogen-bond donors (Lipinski definition) is 0. The van der Waals surface area contributed by atoms with E-state index in [1.165, 1.54) is 5.56 Å². The molecular weight excluding hydrogens is 378 g/mol. The normalized spacial score (nSPS) is 12.7. The highest BCUT2D eigenvalue weighted by molar-refractivity contribution is 6.21. The number of hydrogen-bond acceptors (Lipinski definition) is 4. The first-order valence-corrected chi connectivity index (χ1v) is 9.89. The summed E-state index contributed by atoms with van der Waals surface area (Å²) < 4.78 is 5.39. The summed E-state index contributed by atoms with van der Waals surface area (Å²) in [5, 5.41) is 0. The number of nitrogens with zero attached hydrogens (tertiary/aromatic N) is 1. The van der Waals surface area contributed by atoms with Crippen LogP contribution in [0.2, 0.25) is 0 Å². The third-order valence-electron chi connectivity index (χ3n) is 5.19. The van der Waals surface area contributed by atoms with Crippen molar-refractivity contribution in [3.05, 3.63) is 107 Å². The molecule has 0 unspecified atom stereocenters. The van der Waals surface area contributed by atoms with Gasteiger partial charge in [0.2, 0.25) is 0 Å². The lowest BCUT2D eigenvalue weighted by Crippen LogP contribution is -2.33. The predicted molar refractivity (Wildman–Crippen MR) is 112 cm³/mol. The van der Waals surface area contributed by atoms with Gasteiger partial charge in [-0.3, -0.25) is 14.5 Å². The van der Waals surface area contributed by atoms with E-state index in [0.717, 1.165) is 16.9 Å². The Bertz CT molecular complexity index is 1060. The van der Waals surface area contributed by atoms with E-state index < -0.39 is 5.97 Å². The Morgan fingerprint density at radius 2 is 1.33 bits per heavy atom. The molecule has 1 heterocycles. The maximum atomic E-state index is 12.6. The van der Waals surface area contributed by atoms with Gasteiger partial charge in [0.1, 0.15) is 6.61 Å². The molecule has 0 spiro atoms. The Morgan fingerprint density at radius 3 is 2.03 bits per heavy atom. The number of aryl methyl sites for hydroxylation is 2. The minimum absolute atomic E-state index is 0.0320. The van der Waals surface area contributed by atoms with Crippen LogP contribution in [-0.2, 0) is 17.6 Å². The van der Waals surface area contributed by atoms with E-state index in [0.29, 0.717) is 23.1 Å². The summed E-state index contributed by atoms with van der Waals surface area (Å²) in [7, 11) is 0. The van der Waals surface area contributed by atoms with Crippen LogP contribution in [0.1, 0.15) is 42.2 Å². The molecule has 0 radical (unpaired) electrons. The highest BCUT2D eigenvalue weighted by Crippen LogP contribution is 2.22. The van der Waals surface area contributed by atoms with Crippen molar-refractivity contribution >= 4 is 17.8 Å². The van der Waals surface area contributed by atoms with Crippen molar-refractivity contribution in [3.8, 4) is 0 Å². The lowest BCUT2D eigenvalue weighted by molar-refractivity contribution is 0.0419. The molecule has 4 rings (SSSR count). The molecule has 0 saturated heterocycles. The number of carbonyl (C=O) groups excluding carboxylic acids is 3. The van der Waals surface area contributed by atoms with Crippen molar-refractivity contribution in [1.82, 2.24) is 4.90 Å². The summed E-state index contributed by atoms with van der Waals surface area (Å²) in [6.07, 6.45) is 1.54. The van der Waals surface area contributed by atoms with Crippen molar-refractivity contribution in [1.29, 1.82) is 0 Å². The fourth-order valence-corrected chi connectivity index (χ4v) is 3.61. The number of imide groups is 1. The summed E-state index contributed by atoms with van der Waals surface area (Å²) >= 11 is 0. The van der Waals surface area contributed by atoms with Crippen LogP contribution < -0.4 is 0 Å². The third kappa shape index (κ3) is 4.01. The number of carbonyl (C=O) groups is 3. The molecule has 5 nitrogen and oxygen atoms in total. The molecule has 0 fully saturated rings. The predicted octanol–water partition coefficient (Wildman–Crippen LogP) is 3.92. The number of fused-ring (bicyclic) bond motifs is 1. The standard InChI is InChI=1S/C25H21NO4/c27-23-21-12-6-7-13-22(21)24(28)26(23)16-17-30-25(29)20-11-5-4-10-19(20)15-14-18-8-2-1-3-9-18/h1-13H,14-17H2. The smallest absolute Gasteiger partial charge is 0.338 e. The molecule has 0 atom stereocenters. The van der Waals surface area contributed by atoms with Gasteiger partial charge in [0.05, 0.1) is 23.2 Å². The van der Waals surface area contributed by atoms with Crippen molar-refractivity contribution in [2.75, 3.05) is 13.2 Å². The third-order valence-corrected chi connectivity index (χ3v) is 5.19. The maximum Gasteiger partial charge on any atom is 0.338 e. The molecule has 0 aliphatic carbocycles. The van der Waals surface area contributed by atoms with Crippen LogP contribution >= 0.6 is 0 Å². The summed E-state index contributed by atoms with van der Waals surface area (Å²) in [5.74, 6) is -1.15. The van der Waals surface area contributed by atoms with Crippen LogP contribution in [0.5, 0.6) is 0 Å². The van der Waals surface area contributed by atoms with Crippen LogP contribution in [0, 0.1) is 0 Å². The first kappa shape index (κ1) is 19.6. The van der Waals surface area contributed by atoms with Gasteiger partial charge < -0.3 is 4.74 Å². The van der Waals surface area contributed by atoms with E-state index in [9.17, 15) is 14.4 Å². The topological polar surface area (TPSA) is 63.7 Å². The minimum Gasteiger partial charge on any atom is -0.460 e. The van der Waals surface area contributed by atoms with Crippen molar-refractivity contribution < 1.29 is 19.1 Å². The molecule has 3 aromatic carbocycles. The number of amides is 2. The van der Waals surface area contributed by atoms with E-state index >= 15 is 0 Å². The molecular formula is C25H21NO4. The van der Waals surface area contributed by atoms with Crippen LogP contribution in [-0.4, -0.2) is 35.8 Å². The van der Waals surface area contributed by atoms with Gasteiger partial charge in [0, 0.05) is 0 Å². The average molecular weight is 399 g/mol. The first-order chi connectivity index (χ1) is 14.6. The zero-order valence-corrected chi connectivity index (χ0v) is 16.4. The van der Waals surface area contributed by atoms with Gasteiger partial charge >= 0.3 is 5.97 Å². The van der Waals surface area contributed by atoms with Crippen LogP contribution in [0.25, 0.3) is 0 Å². The average Bonchev–Trinajstić information content (AvgIpc) is 3.03. The number of benzene rings is 3. The number of rotatable bonds is 7. The van der Waals surface area contributed by atoms with Gasteiger partial charge in [0.25, 0.3) is 11.8 Å². The van der Waals surface area contributed by atoms with Gasteiger partial charge in [-0.05, 0) is 42.2 Å². The molecule has 150 valence electrons. The molecule has 5 heteroatoms. The number of esters is 1. The Hall–Kier alpha value is -3.73. The first-order valence-electron chi connectivity index (χ1n) is 9.89. The Morgan fingerprint density at radius 1 is 0.733 bits per heavy atom. The van der Waals surface area contributed by atoms with E-state index in [1.807, 2.05) is 30.3 Å². The Balaban J connectivity index is 1.36.